The summed E-state index contributed by atoms with van der Waals surface area (Å²) in [6.45, 7) is 13.2. The van der Waals surface area contributed by atoms with Crippen molar-refractivity contribution in [3.63, 3.8) is 0 Å². The summed E-state index contributed by atoms with van der Waals surface area (Å²) < 4.78 is 5.57. The number of anilines is 2. The van der Waals surface area contributed by atoms with E-state index in [1.807, 2.05) is 70.2 Å². The average Bonchev–Trinajstić information content (AvgIpc) is 2.98. The van der Waals surface area contributed by atoms with Gasteiger partial charge in [-0.25, -0.2) is 9.59 Å². The van der Waals surface area contributed by atoms with Crippen LogP contribution in [0.15, 0.2) is 53.5 Å². The van der Waals surface area contributed by atoms with Gasteiger partial charge >= 0.3 is 12.1 Å². The molecule has 1 unspecified atom stereocenters. The summed E-state index contributed by atoms with van der Waals surface area (Å²) in [6, 6.07) is 14.8. The third kappa shape index (κ3) is 7.20. The third-order valence-corrected chi connectivity index (χ3v) is 6.86. The number of hydrogen-bond donors (Lipinski definition) is 2. The highest BCUT2D eigenvalue weighted by atomic mass is 16.6. The van der Waals surface area contributed by atoms with Crippen LogP contribution in [0.25, 0.3) is 0 Å². The number of urea groups is 1. The summed E-state index contributed by atoms with van der Waals surface area (Å²) in [5.74, 6) is -0.0603. The minimum absolute atomic E-state index is 0.00997. The van der Waals surface area contributed by atoms with Crippen molar-refractivity contribution in [3.05, 3.63) is 59.7 Å². The maximum absolute atomic E-state index is 13.9. The lowest BCUT2D eigenvalue weighted by molar-refractivity contribution is -0.120. The molecule has 1 atom stereocenters. The zero-order chi connectivity index (χ0) is 29.0. The van der Waals surface area contributed by atoms with Crippen molar-refractivity contribution in [2.45, 2.75) is 66.2 Å². The van der Waals surface area contributed by atoms with Crippen molar-refractivity contribution >= 4 is 35.1 Å². The SMILES string of the molecule is Cc1cccc(NC(=O)NC2N=C(C3CCN(C(=O)OC(C)(C)C)CC3)c3ccccc3N(CC(C)C)C2=O)c1. The molecule has 9 nitrogen and oxygen atoms in total. The molecule has 0 bridgehead atoms. The maximum Gasteiger partial charge on any atom is 0.410 e. The Labute approximate surface area is 237 Å². The van der Waals surface area contributed by atoms with Gasteiger partial charge in [0.15, 0.2) is 0 Å². The number of piperidine rings is 1. The van der Waals surface area contributed by atoms with Crippen molar-refractivity contribution in [1.82, 2.24) is 10.2 Å². The molecule has 0 radical (unpaired) electrons. The van der Waals surface area contributed by atoms with Gasteiger partial charge in [-0.1, -0.05) is 44.2 Å². The van der Waals surface area contributed by atoms with Gasteiger partial charge in [-0.05, 0) is 70.2 Å². The molecule has 1 saturated heterocycles. The maximum atomic E-state index is 13.9. The third-order valence-electron chi connectivity index (χ3n) is 6.86. The minimum atomic E-state index is -1.09. The predicted molar refractivity (Wildman–Crippen MR) is 158 cm³/mol. The molecule has 9 heteroatoms. The average molecular weight is 548 g/mol. The van der Waals surface area contributed by atoms with Crippen LogP contribution in [0.2, 0.25) is 0 Å². The van der Waals surface area contributed by atoms with Crippen molar-refractivity contribution in [1.29, 1.82) is 0 Å². The molecule has 2 aromatic rings. The van der Waals surface area contributed by atoms with Crippen LogP contribution in [0.1, 0.15) is 58.6 Å². The molecule has 2 aliphatic heterocycles. The fraction of sp³-hybridized carbons (Fsp3) is 0.484. The number of benzodiazepines with no additional fused rings is 1. The number of rotatable bonds is 5. The lowest BCUT2D eigenvalue weighted by atomic mass is 9.87. The van der Waals surface area contributed by atoms with Gasteiger partial charge in [0.05, 0.1) is 11.4 Å². The largest absolute Gasteiger partial charge is 0.444 e. The van der Waals surface area contributed by atoms with Gasteiger partial charge < -0.3 is 25.2 Å². The first-order valence-electron chi connectivity index (χ1n) is 14.0. The predicted octanol–water partition coefficient (Wildman–Crippen LogP) is 5.58. The Morgan fingerprint density at radius 2 is 1.77 bits per heavy atom. The van der Waals surface area contributed by atoms with Crippen LogP contribution in [0.5, 0.6) is 0 Å². The molecule has 40 heavy (non-hydrogen) atoms. The lowest BCUT2D eigenvalue weighted by Gasteiger charge is -2.34. The van der Waals surface area contributed by atoms with Gasteiger partial charge in [0, 0.05) is 36.8 Å². The Morgan fingerprint density at radius 3 is 2.42 bits per heavy atom. The van der Waals surface area contributed by atoms with Crippen LogP contribution in [0.3, 0.4) is 0 Å². The molecule has 214 valence electrons. The second-order valence-electron chi connectivity index (χ2n) is 12.0. The van der Waals surface area contributed by atoms with Gasteiger partial charge in [0.2, 0.25) is 6.17 Å². The van der Waals surface area contributed by atoms with E-state index in [1.165, 1.54) is 0 Å². The van der Waals surface area contributed by atoms with Crippen LogP contribution in [0.4, 0.5) is 21.0 Å². The molecule has 4 amide bonds. The molecule has 0 aliphatic carbocycles. The van der Waals surface area contributed by atoms with E-state index in [0.717, 1.165) is 22.5 Å². The van der Waals surface area contributed by atoms with E-state index in [0.29, 0.717) is 38.2 Å². The number of amides is 4. The van der Waals surface area contributed by atoms with Gasteiger partial charge in [0.25, 0.3) is 5.91 Å². The van der Waals surface area contributed by atoms with E-state index in [2.05, 4.69) is 24.5 Å². The first-order valence-corrected chi connectivity index (χ1v) is 14.0. The monoisotopic (exact) mass is 547 g/mol. The quantitative estimate of drug-likeness (QED) is 0.510. The lowest BCUT2D eigenvalue weighted by Crippen LogP contribution is -2.49. The normalized spacial score (nSPS) is 18.1. The van der Waals surface area contributed by atoms with Crippen LogP contribution < -0.4 is 15.5 Å². The number of nitrogens with zero attached hydrogens (tertiary/aromatic N) is 3. The number of aliphatic imine (C=N–C) groups is 1. The highest BCUT2D eigenvalue weighted by Crippen LogP contribution is 2.32. The van der Waals surface area contributed by atoms with E-state index in [9.17, 15) is 14.4 Å². The number of hydrogen-bond acceptors (Lipinski definition) is 5. The highest BCUT2D eigenvalue weighted by molar-refractivity contribution is 6.14. The topological polar surface area (TPSA) is 103 Å². The molecule has 2 aromatic carbocycles. The summed E-state index contributed by atoms with van der Waals surface area (Å²) in [4.78, 5) is 48.0. The number of likely N-dealkylation sites (tertiary alicyclic amines) is 1. The van der Waals surface area contributed by atoms with Crippen LogP contribution in [-0.4, -0.2) is 60.0 Å². The molecule has 0 aromatic heterocycles. The number of para-hydroxylation sites is 1. The first kappa shape index (κ1) is 29.1. The molecule has 0 spiro atoms. The Morgan fingerprint density at radius 1 is 1.07 bits per heavy atom. The van der Waals surface area contributed by atoms with Crippen molar-refractivity contribution in [2.75, 3.05) is 29.9 Å². The van der Waals surface area contributed by atoms with Gasteiger partial charge in [-0.3, -0.25) is 9.79 Å². The minimum Gasteiger partial charge on any atom is -0.444 e. The number of carbonyl (C=O) groups excluding carboxylic acids is 3. The van der Waals surface area contributed by atoms with Crippen LogP contribution in [-0.2, 0) is 9.53 Å². The second kappa shape index (κ2) is 12.1. The Hall–Kier alpha value is -3.88. The second-order valence-corrected chi connectivity index (χ2v) is 12.0. The Kier molecular flexibility index (Phi) is 8.81. The standard InChI is InChI=1S/C31H41N5O4/c1-20(2)19-36-25-13-8-7-12-24(25)26(22-14-16-35(17-15-22)30(39)40-31(4,5)6)33-27(28(36)37)34-29(38)32-23-11-9-10-21(3)18-23/h7-13,18,20,22,27H,14-17,19H2,1-6H3,(H2,32,34,38). The van der Waals surface area contributed by atoms with E-state index in [4.69, 9.17) is 9.73 Å². The van der Waals surface area contributed by atoms with Gasteiger partial charge in [-0.2, -0.15) is 0 Å². The number of benzene rings is 2. The smallest absolute Gasteiger partial charge is 0.410 e. The summed E-state index contributed by atoms with van der Waals surface area (Å²) in [5.41, 5.74) is 3.55. The number of aryl methyl sites for hydroxylation is 1. The molecule has 1 fully saturated rings. The summed E-state index contributed by atoms with van der Waals surface area (Å²) in [7, 11) is 0. The van der Waals surface area contributed by atoms with Gasteiger partial charge in [0.1, 0.15) is 5.60 Å². The fourth-order valence-corrected chi connectivity index (χ4v) is 5.10. The Balaban J connectivity index is 1.62. The summed E-state index contributed by atoms with van der Waals surface area (Å²) in [6.07, 6.45) is -0.0605. The molecule has 4 rings (SSSR count). The zero-order valence-electron chi connectivity index (χ0n) is 24.4. The fourth-order valence-electron chi connectivity index (χ4n) is 5.10. The van der Waals surface area contributed by atoms with E-state index in [1.54, 1.807) is 15.9 Å². The molecular weight excluding hydrogens is 506 g/mol. The summed E-state index contributed by atoms with van der Waals surface area (Å²) in [5, 5.41) is 5.65. The number of fused-ring (bicyclic) bond motifs is 1. The van der Waals surface area contributed by atoms with Gasteiger partial charge in [-0.15, -0.1) is 0 Å². The summed E-state index contributed by atoms with van der Waals surface area (Å²) >= 11 is 0. The van der Waals surface area contributed by atoms with Crippen molar-refractivity contribution < 1.29 is 19.1 Å². The molecule has 2 aliphatic rings. The van der Waals surface area contributed by atoms with Crippen molar-refractivity contribution in [2.24, 2.45) is 16.8 Å². The molecule has 0 saturated carbocycles. The highest BCUT2D eigenvalue weighted by Gasteiger charge is 2.37. The number of carbonyl (C=O) groups is 3. The van der Waals surface area contributed by atoms with E-state index >= 15 is 0 Å². The molecule has 2 N–H and O–H groups in total. The van der Waals surface area contributed by atoms with Crippen LogP contribution >= 0.6 is 0 Å². The zero-order valence-corrected chi connectivity index (χ0v) is 24.4. The van der Waals surface area contributed by atoms with Crippen molar-refractivity contribution in [3.8, 4) is 0 Å². The first-order chi connectivity index (χ1) is 18.9. The van der Waals surface area contributed by atoms with E-state index in [-0.39, 0.29) is 23.8 Å². The Bertz CT molecular complexity index is 1270. The van der Waals surface area contributed by atoms with E-state index < -0.39 is 17.8 Å². The molecule has 2 heterocycles. The molecular formula is C31H41N5O4. The van der Waals surface area contributed by atoms with Crippen LogP contribution in [0, 0.1) is 18.8 Å². The number of nitrogens with one attached hydrogen (secondary N) is 2. The number of ether oxygens (including phenoxy) is 1.